The van der Waals surface area contributed by atoms with Crippen molar-refractivity contribution in [2.24, 2.45) is 0 Å². The highest BCUT2D eigenvalue weighted by atomic mass is 79.9. The van der Waals surface area contributed by atoms with Gasteiger partial charge in [-0.1, -0.05) is 15.9 Å². The van der Waals surface area contributed by atoms with Crippen LogP contribution in [-0.2, 0) is 19.6 Å². The standard InChI is InChI=1S/C12H14BrNO5S/c13-9-1-3-11(4-2-9)20(17,18)14-5-6-19-8-10(14)7-12(15)16/h1-4,10H,5-8H2,(H,15,16). The average Bonchev–Trinajstić information content (AvgIpc) is 2.39. The van der Waals surface area contributed by atoms with Crippen molar-refractivity contribution in [2.75, 3.05) is 19.8 Å². The molecule has 6 nitrogen and oxygen atoms in total. The maximum absolute atomic E-state index is 12.6. The fourth-order valence-electron chi connectivity index (χ4n) is 2.06. The zero-order valence-corrected chi connectivity index (χ0v) is 12.9. The van der Waals surface area contributed by atoms with E-state index in [0.717, 1.165) is 4.47 Å². The van der Waals surface area contributed by atoms with Crippen LogP contribution in [0.25, 0.3) is 0 Å². The van der Waals surface area contributed by atoms with Crippen molar-refractivity contribution in [1.82, 2.24) is 4.31 Å². The summed E-state index contributed by atoms with van der Waals surface area (Å²) in [5.41, 5.74) is 0. The van der Waals surface area contributed by atoms with Crippen molar-refractivity contribution >= 4 is 31.9 Å². The van der Waals surface area contributed by atoms with E-state index in [4.69, 9.17) is 9.84 Å². The molecule has 1 aromatic carbocycles. The molecule has 1 aliphatic heterocycles. The number of halogens is 1. The second kappa shape index (κ2) is 6.21. The van der Waals surface area contributed by atoms with E-state index in [2.05, 4.69) is 15.9 Å². The number of carbonyl (C=O) groups is 1. The summed E-state index contributed by atoms with van der Waals surface area (Å²) in [4.78, 5) is 11.0. The van der Waals surface area contributed by atoms with Gasteiger partial charge in [-0.25, -0.2) is 8.42 Å². The summed E-state index contributed by atoms with van der Waals surface area (Å²) in [7, 11) is -3.70. The predicted octanol–water partition coefficient (Wildman–Crippen LogP) is 1.31. The number of rotatable bonds is 4. The Morgan fingerprint density at radius 3 is 2.65 bits per heavy atom. The van der Waals surface area contributed by atoms with Gasteiger partial charge in [0.25, 0.3) is 0 Å². The summed E-state index contributed by atoms with van der Waals surface area (Å²) in [6, 6.07) is 5.59. The van der Waals surface area contributed by atoms with Crippen LogP contribution in [0.2, 0.25) is 0 Å². The molecule has 1 fully saturated rings. The smallest absolute Gasteiger partial charge is 0.305 e. The molecule has 2 rings (SSSR count). The molecule has 0 radical (unpaired) electrons. The second-order valence-electron chi connectivity index (χ2n) is 4.40. The third kappa shape index (κ3) is 3.38. The fourth-order valence-corrected chi connectivity index (χ4v) is 3.92. The molecule has 1 aliphatic rings. The van der Waals surface area contributed by atoms with Crippen LogP contribution >= 0.6 is 15.9 Å². The number of carboxylic acids is 1. The van der Waals surface area contributed by atoms with E-state index in [0.29, 0.717) is 0 Å². The number of carboxylic acid groups (broad SMARTS) is 1. The molecule has 0 aromatic heterocycles. The molecule has 1 aromatic rings. The van der Waals surface area contributed by atoms with Crippen molar-refractivity contribution in [3.05, 3.63) is 28.7 Å². The molecule has 1 N–H and O–H groups in total. The van der Waals surface area contributed by atoms with E-state index in [1.54, 1.807) is 12.1 Å². The largest absolute Gasteiger partial charge is 0.481 e. The van der Waals surface area contributed by atoms with Crippen molar-refractivity contribution in [1.29, 1.82) is 0 Å². The summed E-state index contributed by atoms with van der Waals surface area (Å²) >= 11 is 3.25. The summed E-state index contributed by atoms with van der Waals surface area (Å²) < 4.78 is 32.3. The number of sulfonamides is 1. The van der Waals surface area contributed by atoms with Crippen LogP contribution < -0.4 is 0 Å². The van der Waals surface area contributed by atoms with Gasteiger partial charge in [0.2, 0.25) is 10.0 Å². The number of hydrogen-bond donors (Lipinski definition) is 1. The first-order valence-corrected chi connectivity index (χ1v) is 8.21. The van der Waals surface area contributed by atoms with Crippen molar-refractivity contribution in [2.45, 2.75) is 17.4 Å². The van der Waals surface area contributed by atoms with Gasteiger partial charge in [0.15, 0.2) is 0 Å². The normalized spacial score (nSPS) is 20.8. The third-order valence-corrected chi connectivity index (χ3v) is 5.50. The lowest BCUT2D eigenvalue weighted by Gasteiger charge is -2.33. The van der Waals surface area contributed by atoms with Crippen molar-refractivity contribution in [3.8, 4) is 0 Å². The fraction of sp³-hybridized carbons (Fsp3) is 0.417. The van der Waals surface area contributed by atoms with Crippen LogP contribution in [0.5, 0.6) is 0 Å². The minimum absolute atomic E-state index is 0.0993. The van der Waals surface area contributed by atoms with Gasteiger partial charge in [0.1, 0.15) is 0 Å². The molecular formula is C12H14BrNO5S. The molecule has 1 heterocycles. The molecule has 110 valence electrons. The molecule has 0 aliphatic carbocycles. The summed E-state index contributed by atoms with van der Waals surface area (Å²) in [5, 5.41) is 8.87. The number of nitrogens with zero attached hydrogens (tertiary/aromatic N) is 1. The highest BCUT2D eigenvalue weighted by Crippen LogP contribution is 2.23. The second-order valence-corrected chi connectivity index (χ2v) is 7.20. The Morgan fingerprint density at radius 2 is 2.05 bits per heavy atom. The Labute approximate surface area is 125 Å². The van der Waals surface area contributed by atoms with Gasteiger partial charge in [-0.05, 0) is 24.3 Å². The van der Waals surface area contributed by atoms with E-state index in [9.17, 15) is 13.2 Å². The van der Waals surface area contributed by atoms with E-state index in [1.165, 1.54) is 16.4 Å². The Kier molecular flexibility index (Phi) is 4.79. The van der Waals surface area contributed by atoms with Crippen LogP contribution in [0.1, 0.15) is 6.42 Å². The first-order chi connectivity index (χ1) is 9.41. The molecule has 1 unspecified atom stereocenters. The molecule has 0 spiro atoms. The SMILES string of the molecule is O=C(O)CC1COCCN1S(=O)(=O)c1ccc(Br)cc1. The van der Waals surface area contributed by atoms with Crippen molar-refractivity contribution in [3.63, 3.8) is 0 Å². The molecule has 8 heteroatoms. The highest BCUT2D eigenvalue weighted by Gasteiger charge is 2.35. The Morgan fingerprint density at radius 1 is 1.40 bits per heavy atom. The van der Waals surface area contributed by atoms with Gasteiger partial charge in [-0.15, -0.1) is 0 Å². The van der Waals surface area contributed by atoms with E-state index < -0.39 is 22.0 Å². The Bertz CT molecular complexity index is 586. The Hall–Kier alpha value is -0.960. The quantitative estimate of drug-likeness (QED) is 0.871. The minimum Gasteiger partial charge on any atom is -0.481 e. The molecule has 20 heavy (non-hydrogen) atoms. The van der Waals surface area contributed by atoms with Gasteiger partial charge < -0.3 is 9.84 Å². The maximum Gasteiger partial charge on any atom is 0.305 e. The first-order valence-electron chi connectivity index (χ1n) is 5.98. The lowest BCUT2D eigenvalue weighted by molar-refractivity contribution is -0.139. The number of morpholine rings is 1. The minimum atomic E-state index is -3.70. The van der Waals surface area contributed by atoms with Crippen LogP contribution in [0.15, 0.2) is 33.6 Å². The number of aliphatic carboxylic acids is 1. The lowest BCUT2D eigenvalue weighted by Crippen LogP contribution is -2.49. The molecule has 0 saturated carbocycles. The van der Waals surface area contributed by atoms with Crippen LogP contribution in [0, 0.1) is 0 Å². The topological polar surface area (TPSA) is 83.9 Å². The first kappa shape index (κ1) is 15.4. The molecule has 0 amide bonds. The zero-order valence-electron chi connectivity index (χ0n) is 10.5. The van der Waals surface area contributed by atoms with Gasteiger partial charge >= 0.3 is 5.97 Å². The third-order valence-electron chi connectivity index (χ3n) is 3.00. The highest BCUT2D eigenvalue weighted by molar-refractivity contribution is 9.10. The van der Waals surface area contributed by atoms with Crippen LogP contribution in [0.3, 0.4) is 0 Å². The van der Waals surface area contributed by atoms with Gasteiger partial charge in [-0.3, -0.25) is 4.79 Å². The maximum atomic E-state index is 12.6. The van der Waals surface area contributed by atoms with Crippen LogP contribution in [-0.4, -0.2) is 49.6 Å². The van der Waals surface area contributed by atoms with E-state index in [1.807, 2.05) is 0 Å². The summed E-state index contributed by atoms with van der Waals surface area (Å²) in [6.45, 7) is 0.532. The monoisotopic (exact) mass is 363 g/mol. The average molecular weight is 364 g/mol. The van der Waals surface area contributed by atoms with E-state index in [-0.39, 0.29) is 31.1 Å². The molecular weight excluding hydrogens is 350 g/mol. The van der Waals surface area contributed by atoms with Gasteiger partial charge in [0.05, 0.1) is 30.6 Å². The van der Waals surface area contributed by atoms with Crippen LogP contribution in [0.4, 0.5) is 0 Å². The predicted molar refractivity (Wildman–Crippen MR) is 74.9 cm³/mol. The van der Waals surface area contributed by atoms with Gasteiger partial charge in [0, 0.05) is 11.0 Å². The number of ether oxygens (including phenoxy) is 1. The Balaban J connectivity index is 2.30. The lowest BCUT2D eigenvalue weighted by atomic mass is 10.2. The molecule has 0 bridgehead atoms. The van der Waals surface area contributed by atoms with E-state index >= 15 is 0 Å². The molecule has 1 saturated heterocycles. The molecule has 1 atom stereocenters. The number of hydrogen-bond acceptors (Lipinski definition) is 4. The zero-order chi connectivity index (χ0) is 14.8. The summed E-state index contributed by atoms with van der Waals surface area (Å²) in [6.07, 6.45) is -0.268. The summed E-state index contributed by atoms with van der Waals surface area (Å²) in [5.74, 6) is -1.04. The van der Waals surface area contributed by atoms with Crippen molar-refractivity contribution < 1.29 is 23.1 Å². The number of benzene rings is 1. The van der Waals surface area contributed by atoms with Gasteiger partial charge in [-0.2, -0.15) is 4.31 Å².